The van der Waals surface area contributed by atoms with Gasteiger partial charge in [-0.2, -0.15) is 0 Å². The van der Waals surface area contributed by atoms with Crippen LogP contribution in [0, 0.1) is 5.92 Å². The minimum atomic E-state index is -1.30. The molecule has 0 saturated carbocycles. The highest BCUT2D eigenvalue weighted by molar-refractivity contribution is 6.32. The first-order valence-corrected chi connectivity index (χ1v) is 4.11. The Labute approximate surface area is 71.1 Å². The van der Waals surface area contributed by atoms with Crippen LogP contribution in [0.15, 0.2) is 12.2 Å². The number of allylic oxidation sites excluding steroid dienone is 2. The number of aliphatic carboxylic acids is 1. The van der Waals surface area contributed by atoms with Crippen molar-refractivity contribution in [2.45, 2.75) is 25.7 Å². The fourth-order valence-corrected chi connectivity index (χ4v) is 1.39. The summed E-state index contributed by atoms with van der Waals surface area (Å²) in [6, 6.07) is 0. The maximum Gasteiger partial charge on any atom is 0.372 e. The molecule has 1 rings (SSSR count). The first kappa shape index (κ1) is 8.97. The summed E-state index contributed by atoms with van der Waals surface area (Å²) in [5.41, 5.74) is 0. The van der Waals surface area contributed by atoms with Crippen molar-refractivity contribution in [3.05, 3.63) is 12.2 Å². The van der Waals surface area contributed by atoms with Gasteiger partial charge >= 0.3 is 5.97 Å². The third-order valence-corrected chi connectivity index (χ3v) is 2.09. The standard InChI is InChI=1S/C9H12O3/c10-8(9(11)12)6-7-4-2-1-3-5-7/h1-2,7H,3-6H2,(H,11,12). The van der Waals surface area contributed by atoms with Gasteiger partial charge < -0.3 is 5.11 Å². The number of carbonyl (C=O) groups is 2. The molecule has 0 radical (unpaired) electrons. The molecule has 0 aromatic carbocycles. The topological polar surface area (TPSA) is 54.4 Å². The Kier molecular flexibility index (Phi) is 3.02. The summed E-state index contributed by atoms with van der Waals surface area (Å²) < 4.78 is 0. The third kappa shape index (κ3) is 2.49. The van der Waals surface area contributed by atoms with Crippen LogP contribution in [0.3, 0.4) is 0 Å². The Morgan fingerprint density at radius 1 is 1.42 bits per heavy atom. The molecule has 1 aliphatic carbocycles. The lowest BCUT2D eigenvalue weighted by atomic mass is 9.90. The molecule has 0 saturated heterocycles. The molecule has 1 atom stereocenters. The van der Waals surface area contributed by atoms with E-state index in [2.05, 4.69) is 6.08 Å². The monoisotopic (exact) mass is 168 g/mol. The molecule has 3 heteroatoms. The molecule has 0 aromatic heterocycles. The average molecular weight is 168 g/mol. The molecule has 0 aromatic rings. The summed E-state index contributed by atoms with van der Waals surface area (Å²) in [6.45, 7) is 0. The highest BCUT2D eigenvalue weighted by atomic mass is 16.4. The van der Waals surface area contributed by atoms with Crippen molar-refractivity contribution < 1.29 is 14.7 Å². The lowest BCUT2D eigenvalue weighted by Crippen LogP contribution is -2.17. The molecule has 0 amide bonds. The quantitative estimate of drug-likeness (QED) is 0.511. The number of ketones is 1. The summed E-state index contributed by atoms with van der Waals surface area (Å²) in [5, 5.41) is 8.35. The van der Waals surface area contributed by atoms with E-state index >= 15 is 0 Å². The number of carboxylic acid groups (broad SMARTS) is 1. The predicted octanol–water partition coefficient (Wildman–Crippen LogP) is 1.39. The minimum Gasteiger partial charge on any atom is -0.476 e. The van der Waals surface area contributed by atoms with Crippen LogP contribution in [0.1, 0.15) is 25.7 Å². The van der Waals surface area contributed by atoms with Crippen LogP contribution in [0.25, 0.3) is 0 Å². The highest BCUT2D eigenvalue weighted by Gasteiger charge is 2.18. The van der Waals surface area contributed by atoms with Crippen molar-refractivity contribution in [1.29, 1.82) is 0 Å². The van der Waals surface area contributed by atoms with Gasteiger partial charge in [-0.1, -0.05) is 12.2 Å². The molecular weight excluding hydrogens is 156 g/mol. The van der Waals surface area contributed by atoms with Crippen molar-refractivity contribution in [3.8, 4) is 0 Å². The molecule has 0 spiro atoms. The van der Waals surface area contributed by atoms with Crippen molar-refractivity contribution in [3.63, 3.8) is 0 Å². The third-order valence-electron chi connectivity index (χ3n) is 2.09. The van der Waals surface area contributed by atoms with Gasteiger partial charge in [0.25, 0.3) is 0 Å². The predicted molar refractivity (Wildman–Crippen MR) is 43.7 cm³/mol. The molecule has 0 fully saturated rings. The van der Waals surface area contributed by atoms with Gasteiger partial charge in [-0.05, 0) is 25.2 Å². The fraction of sp³-hybridized carbons (Fsp3) is 0.556. The summed E-state index contributed by atoms with van der Waals surface area (Å²) >= 11 is 0. The Bertz CT molecular complexity index is 218. The second-order valence-corrected chi connectivity index (χ2v) is 3.08. The summed E-state index contributed by atoms with van der Waals surface area (Å²) in [5.74, 6) is -1.71. The molecule has 12 heavy (non-hydrogen) atoms. The van der Waals surface area contributed by atoms with E-state index in [9.17, 15) is 9.59 Å². The van der Waals surface area contributed by atoms with Crippen LogP contribution in [-0.4, -0.2) is 16.9 Å². The Hall–Kier alpha value is -1.12. The van der Waals surface area contributed by atoms with Gasteiger partial charge in [-0.15, -0.1) is 0 Å². The average Bonchev–Trinajstić information content (AvgIpc) is 2.06. The summed E-state index contributed by atoms with van der Waals surface area (Å²) in [6.07, 6.45) is 7.04. The van der Waals surface area contributed by atoms with Crippen LogP contribution in [0.4, 0.5) is 0 Å². The molecular formula is C9H12O3. The molecule has 1 aliphatic rings. The van der Waals surface area contributed by atoms with Crippen LogP contribution >= 0.6 is 0 Å². The largest absolute Gasteiger partial charge is 0.476 e. The number of carboxylic acids is 1. The smallest absolute Gasteiger partial charge is 0.372 e. The van der Waals surface area contributed by atoms with E-state index in [-0.39, 0.29) is 12.3 Å². The first-order valence-electron chi connectivity index (χ1n) is 4.11. The number of Topliss-reactive ketones (excluding diaryl/α,β-unsaturated/α-hetero) is 1. The minimum absolute atomic E-state index is 0.194. The van der Waals surface area contributed by atoms with E-state index in [1.165, 1.54) is 0 Å². The zero-order valence-electron chi connectivity index (χ0n) is 6.82. The van der Waals surface area contributed by atoms with E-state index in [0.717, 1.165) is 19.3 Å². The van der Waals surface area contributed by atoms with Gasteiger partial charge in [0.2, 0.25) is 5.78 Å². The number of carbonyl (C=O) groups excluding carboxylic acids is 1. The highest BCUT2D eigenvalue weighted by Crippen LogP contribution is 2.21. The second kappa shape index (κ2) is 4.04. The van der Waals surface area contributed by atoms with Gasteiger partial charge in [0.05, 0.1) is 0 Å². The fourth-order valence-electron chi connectivity index (χ4n) is 1.39. The van der Waals surface area contributed by atoms with Crippen LogP contribution in [0.5, 0.6) is 0 Å². The summed E-state index contributed by atoms with van der Waals surface area (Å²) in [4.78, 5) is 21.0. The summed E-state index contributed by atoms with van der Waals surface area (Å²) in [7, 11) is 0. The molecule has 0 aliphatic heterocycles. The van der Waals surface area contributed by atoms with Gasteiger partial charge in [0.1, 0.15) is 0 Å². The first-order chi connectivity index (χ1) is 5.70. The van der Waals surface area contributed by atoms with Crippen molar-refractivity contribution in [2.24, 2.45) is 5.92 Å². The molecule has 0 heterocycles. The zero-order valence-corrected chi connectivity index (χ0v) is 6.82. The maximum absolute atomic E-state index is 10.8. The zero-order chi connectivity index (χ0) is 8.97. The van der Waals surface area contributed by atoms with Gasteiger partial charge in [-0.3, -0.25) is 4.79 Å². The maximum atomic E-state index is 10.8. The van der Waals surface area contributed by atoms with Gasteiger partial charge in [0.15, 0.2) is 0 Å². The SMILES string of the molecule is O=C(O)C(=O)CC1CC=CCC1. The second-order valence-electron chi connectivity index (χ2n) is 3.08. The van der Waals surface area contributed by atoms with Crippen LogP contribution < -0.4 is 0 Å². The van der Waals surface area contributed by atoms with Crippen molar-refractivity contribution in [1.82, 2.24) is 0 Å². The Balaban J connectivity index is 2.35. The van der Waals surface area contributed by atoms with Crippen molar-refractivity contribution in [2.75, 3.05) is 0 Å². The number of hydrogen-bond donors (Lipinski definition) is 1. The van der Waals surface area contributed by atoms with Crippen LogP contribution in [-0.2, 0) is 9.59 Å². The molecule has 1 N–H and O–H groups in total. The number of hydrogen-bond acceptors (Lipinski definition) is 2. The van der Waals surface area contributed by atoms with E-state index in [1.54, 1.807) is 0 Å². The van der Waals surface area contributed by atoms with Gasteiger partial charge in [-0.25, -0.2) is 4.79 Å². The van der Waals surface area contributed by atoms with E-state index < -0.39 is 11.8 Å². The Morgan fingerprint density at radius 2 is 2.17 bits per heavy atom. The lowest BCUT2D eigenvalue weighted by Gasteiger charge is -2.14. The van der Waals surface area contributed by atoms with E-state index in [1.807, 2.05) is 6.08 Å². The van der Waals surface area contributed by atoms with Crippen molar-refractivity contribution >= 4 is 11.8 Å². The van der Waals surface area contributed by atoms with E-state index in [0.29, 0.717) is 0 Å². The Morgan fingerprint density at radius 3 is 2.67 bits per heavy atom. The van der Waals surface area contributed by atoms with E-state index in [4.69, 9.17) is 5.11 Å². The molecule has 66 valence electrons. The number of rotatable bonds is 3. The molecule has 0 bridgehead atoms. The normalized spacial score (nSPS) is 22.2. The van der Waals surface area contributed by atoms with Gasteiger partial charge in [0, 0.05) is 6.42 Å². The molecule has 1 unspecified atom stereocenters. The lowest BCUT2D eigenvalue weighted by molar-refractivity contribution is -0.149. The van der Waals surface area contributed by atoms with Crippen LogP contribution in [0.2, 0.25) is 0 Å². The molecule has 3 nitrogen and oxygen atoms in total.